The number of carbonyl (C=O) groups is 1. The normalized spacial score (nSPS) is 22.7. The molecule has 2 aromatic rings. The van der Waals surface area contributed by atoms with Crippen LogP contribution in [0.2, 0.25) is 5.02 Å². The molecule has 1 saturated heterocycles. The minimum Gasteiger partial charge on any atom is -0.334 e. The zero-order valence-electron chi connectivity index (χ0n) is 17.1. The Morgan fingerprint density at radius 2 is 1.70 bits per heavy atom. The molecule has 2 aliphatic rings. The highest BCUT2D eigenvalue weighted by Crippen LogP contribution is 2.30. The summed E-state index contributed by atoms with van der Waals surface area (Å²) in [6, 6.07) is 16.8. The molecule has 2 N–H and O–H groups in total. The molecular formula is C24H29ClIN3O. The number of anilines is 1. The maximum atomic E-state index is 12.5. The van der Waals surface area contributed by atoms with E-state index in [-0.39, 0.29) is 12.1 Å². The summed E-state index contributed by atoms with van der Waals surface area (Å²) in [6.45, 7) is 2.25. The number of rotatable bonds is 5. The van der Waals surface area contributed by atoms with Crippen molar-refractivity contribution >= 4 is 45.9 Å². The first-order valence-electron chi connectivity index (χ1n) is 10.9. The highest BCUT2D eigenvalue weighted by molar-refractivity contribution is 14.1. The third kappa shape index (κ3) is 5.89. The van der Waals surface area contributed by atoms with Crippen LogP contribution in [0.3, 0.4) is 0 Å². The first kappa shape index (κ1) is 21.9. The number of likely N-dealkylation sites (tertiary alicyclic amines) is 1. The van der Waals surface area contributed by atoms with Gasteiger partial charge in [-0.05, 0) is 122 Å². The molecule has 0 aromatic heterocycles. The molecule has 160 valence electrons. The van der Waals surface area contributed by atoms with Crippen LogP contribution in [0.4, 0.5) is 10.5 Å². The van der Waals surface area contributed by atoms with Crippen LogP contribution in [0.1, 0.15) is 37.7 Å². The quantitative estimate of drug-likeness (QED) is 0.464. The van der Waals surface area contributed by atoms with Crippen molar-refractivity contribution in [1.29, 1.82) is 0 Å². The van der Waals surface area contributed by atoms with Crippen molar-refractivity contribution in [2.45, 2.75) is 50.6 Å². The number of nitrogens with zero attached hydrogens (tertiary/aromatic N) is 1. The minimum absolute atomic E-state index is 0.0919. The number of amides is 2. The molecule has 0 radical (unpaired) electrons. The topological polar surface area (TPSA) is 44.4 Å². The van der Waals surface area contributed by atoms with Crippen molar-refractivity contribution in [2.75, 3.05) is 18.4 Å². The summed E-state index contributed by atoms with van der Waals surface area (Å²) >= 11 is 8.27. The van der Waals surface area contributed by atoms with Crippen LogP contribution >= 0.6 is 34.2 Å². The first-order chi connectivity index (χ1) is 14.6. The van der Waals surface area contributed by atoms with E-state index in [0.717, 1.165) is 46.1 Å². The number of hydrogen-bond acceptors (Lipinski definition) is 2. The minimum atomic E-state index is -0.0919. The molecule has 2 atom stereocenters. The first-order valence-corrected chi connectivity index (χ1v) is 12.3. The molecule has 0 bridgehead atoms. The van der Waals surface area contributed by atoms with Gasteiger partial charge >= 0.3 is 6.03 Å². The van der Waals surface area contributed by atoms with E-state index in [0.29, 0.717) is 6.04 Å². The Morgan fingerprint density at radius 3 is 2.40 bits per heavy atom. The monoisotopic (exact) mass is 537 g/mol. The van der Waals surface area contributed by atoms with Gasteiger partial charge in [-0.3, -0.25) is 4.90 Å². The lowest BCUT2D eigenvalue weighted by atomic mass is 9.89. The van der Waals surface area contributed by atoms with E-state index >= 15 is 0 Å². The van der Waals surface area contributed by atoms with Crippen molar-refractivity contribution in [3.05, 3.63) is 62.7 Å². The predicted molar refractivity (Wildman–Crippen MR) is 132 cm³/mol. The van der Waals surface area contributed by atoms with E-state index in [1.54, 1.807) is 0 Å². The van der Waals surface area contributed by atoms with E-state index in [2.05, 4.69) is 50.3 Å². The van der Waals surface area contributed by atoms with Gasteiger partial charge in [0.05, 0.1) is 0 Å². The van der Waals surface area contributed by atoms with Gasteiger partial charge in [0.2, 0.25) is 0 Å². The molecule has 0 spiro atoms. The Morgan fingerprint density at radius 1 is 1.00 bits per heavy atom. The van der Waals surface area contributed by atoms with Crippen LogP contribution in [0.5, 0.6) is 0 Å². The summed E-state index contributed by atoms with van der Waals surface area (Å²) in [5, 5.41) is 7.02. The third-order valence-corrected chi connectivity index (χ3v) is 7.42. The maximum absolute atomic E-state index is 12.5. The number of piperidine rings is 1. The van der Waals surface area contributed by atoms with Crippen LogP contribution in [0.15, 0.2) is 48.5 Å². The number of halogens is 2. The van der Waals surface area contributed by atoms with Crippen molar-refractivity contribution < 1.29 is 4.79 Å². The molecule has 1 saturated carbocycles. The Bertz CT molecular complexity index is 835. The van der Waals surface area contributed by atoms with Gasteiger partial charge in [-0.15, -0.1) is 0 Å². The lowest BCUT2D eigenvalue weighted by molar-refractivity contribution is 0.119. The molecular weight excluding hydrogens is 509 g/mol. The van der Waals surface area contributed by atoms with Gasteiger partial charge in [-0.2, -0.15) is 0 Å². The Balaban J connectivity index is 1.26. The molecule has 1 aliphatic heterocycles. The zero-order chi connectivity index (χ0) is 20.9. The molecule has 1 heterocycles. The second-order valence-corrected chi connectivity index (χ2v) is 10.2. The largest absolute Gasteiger partial charge is 0.334 e. The Hall–Kier alpha value is -1.31. The fourth-order valence-corrected chi connectivity index (χ4v) is 5.34. The number of carbonyl (C=O) groups excluding carboxylic acids is 1. The summed E-state index contributed by atoms with van der Waals surface area (Å²) in [5.74, 6) is 0.736. The standard InChI is InChI=1S/C24H29ClIN3O/c25-19-6-4-17(5-7-19)16-18-12-14-29(15-13-18)23-3-1-2-22(23)28-24(30)27-21-10-8-20(26)9-11-21/h4-11,18,22-23H,1-3,12-16H2,(H2,27,28,30)/t22-,23-/m1/s1. The highest BCUT2D eigenvalue weighted by atomic mass is 127. The van der Waals surface area contributed by atoms with Crippen molar-refractivity contribution in [1.82, 2.24) is 10.2 Å². The molecule has 0 unspecified atom stereocenters. The summed E-state index contributed by atoms with van der Waals surface area (Å²) in [6.07, 6.45) is 7.01. The lowest BCUT2D eigenvalue weighted by Crippen LogP contribution is -2.52. The zero-order valence-corrected chi connectivity index (χ0v) is 20.0. The van der Waals surface area contributed by atoms with Gasteiger partial charge in [0, 0.05) is 26.4 Å². The fourth-order valence-electron chi connectivity index (χ4n) is 4.86. The van der Waals surface area contributed by atoms with Gasteiger partial charge in [-0.1, -0.05) is 23.7 Å². The Labute approximate surface area is 197 Å². The average Bonchev–Trinajstić information content (AvgIpc) is 3.20. The molecule has 2 amide bonds. The SMILES string of the molecule is O=C(Nc1ccc(I)cc1)N[C@@H]1CCC[C@H]1N1CCC(Cc2ccc(Cl)cc2)CC1. The second kappa shape index (κ2) is 10.3. The van der Waals surface area contributed by atoms with Gasteiger partial charge in [-0.25, -0.2) is 4.79 Å². The summed E-state index contributed by atoms with van der Waals surface area (Å²) in [7, 11) is 0. The molecule has 6 heteroatoms. The molecule has 30 heavy (non-hydrogen) atoms. The number of hydrogen-bond donors (Lipinski definition) is 2. The van der Waals surface area contributed by atoms with E-state index in [1.807, 2.05) is 36.4 Å². The fraction of sp³-hybridized carbons (Fsp3) is 0.458. The van der Waals surface area contributed by atoms with Crippen molar-refractivity contribution in [3.8, 4) is 0 Å². The summed E-state index contributed by atoms with van der Waals surface area (Å²) in [4.78, 5) is 15.1. The second-order valence-electron chi connectivity index (χ2n) is 8.52. The van der Waals surface area contributed by atoms with E-state index in [4.69, 9.17) is 11.6 Å². The lowest BCUT2D eigenvalue weighted by Gasteiger charge is -2.38. The third-order valence-electron chi connectivity index (χ3n) is 6.45. The van der Waals surface area contributed by atoms with Gasteiger partial charge in [0.1, 0.15) is 0 Å². The number of benzene rings is 2. The van der Waals surface area contributed by atoms with Crippen LogP contribution in [0, 0.1) is 9.49 Å². The Kier molecular flexibility index (Phi) is 7.55. The maximum Gasteiger partial charge on any atom is 0.319 e. The van der Waals surface area contributed by atoms with Crippen LogP contribution in [-0.4, -0.2) is 36.1 Å². The van der Waals surface area contributed by atoms with Crippen LogP contribution in [-0.2, 0) is 6.42 Å². The van der Waals surface area contributed by atoms with Crippen LogP contribution < -0.4 is 10.6 Å². The predicted octanol–water partition coefficient (Wildman–Crippen LogP) is 5.94. The molecule has 4 rings (SSSR count). The number of urea groups is 1. The molecule has 1 aliphatic carbocycles. The van der Waals surface area contributed by atoms with E-state index in [1.165, 1.54) is 31.2 Å². The van der Waals surface area contributed by atoms with E-state index in [9.17, 15) is 4.79 Å². The molecule has 2 fully saturated rings. The molecule has 2 aromatic carbocycles. The molecule has 4 nitrogen and oxygen atoms in total. The number of nitrogens with one attached hydrogen (secondary N) is 2. The van der Waals surface area contributed by atoms with Crippen LogP contribution in [0.25, 0.3) is 0 Å². The smallest absolute Gasteiger partial charge is 0.319 e. The van der Waals surface area contributed by atoms with Gasteiger partial charge in [0.15, 0.2) is 0 Å². The van der Waals surface area contributed by atoms with Crippen molar-refractivity contribution in [2.24, 2.45) is 5.92 Å². The van der Waals surface area contributed by atoms with Gasteiger partial charge < -0.3 is 10.6 Å². The summed E-state index contributed by atoms with van der Waals surface area (Å²) < 4.78 is 1.16. The van der Waals surface area contributed by atoms with Gasteiger partial charge in [0.25, 0.3) is 0 Å². The van der Waals surface area contributed by atoms with E-state index < -0.39 is 0 Å². The summed E-state index contributed by atoms with van der Waals surface area (Å²) in [5.41, 5.74) is 2.22. The highest BCUT2D eigenvalue weighted by Gasteiger charge is 2.35. The average molecular weight is 538 g/mol. The van der Waals surface area contributed by atoms with Crippen molar-refractivity contribution in [3.63, 3.8) is 0 Å².